The Morgan fingerprint density at radius 1 is 0.971 bits per heavy atom. The first kappa shape index (κ1) is 23.9. The fraction of sp³-hybridized carbons (Fsp3) is 0.192. The van der Waals surface area contributed by atoms with Crippen LogP contribution in [-0.2, 0) is 9.53 Å². The predicted octanol–water partition coefficient (Wildman–Crippen LogP) is 3.75. The van der Waals surface area contributed by atoms with Crippen LogP contribution in [-0.4, -0.2) is 47.4 Å². The first-order valence-corrected chi connectivity index (χ1v) is 10.9. The molecule has 1 aliphatic carbocycles. The average Bonchev–Trinajstić information content (AvgIpc) is 3.16. The summed E-state index contributed by atoms with van der Waals surface area (Å²) in [5.41, 5.74) is 4.24. The Morgan fingerprint density at radius 3 is 2.23 bits per heavy atom. The second-order valence-electron chi connectivity index (χ2n) is 8.08. The highest BCUT2D eigenvalue weighted by molar-refractivity contribution is 5.96. The Bertz CT molecular complexity index is 1230. The number of anilines is 1. The number of benzene rings is 3. The SMILES string of the molecule is O=C(Nc1cc(F)cc(C(=O)NCC[C@H](O)C(=O)O)c1)OCC1c2ccccc2-c2ccccc21. The van der Waals surface area contributed by atoms with Gasteiger partial charge in [0.25, 0.3) is 5.91 Å². The zero-order valence-corrected chi connectivity index (χ0v) is 18.5. The number of hydrogen-bond acceptors (Lipinski definition) is 5. The second-order valence-corrected chi connectivity index (χ2v) is 8.08. The van der Waals surface area contributed by atoms with Gasteiger partial charge >= 0.3 is 12.1 Å². The highest BCUT2D eigenvalue weighted by Crippen LogP contribution is 2.44. The van der Waals surface area contributed by atoms with E-state index in [1.165, 1.54) is 6.07 Å². The molecule has 0 radical (unpaired) electrons. The van der Waals surface area contributed by atoms with E-state index >= 15 is 0 Å². The van der Waals surface area contributed by atoms with Crippen molar-refractivity contribution in [1.29, 1.82) is 0 Å². The largest absolute Gasteiger partial charge is 0.479 e. The Balaban J connectivity index is 1.38. The molecule has 0 fully saturated rings. The molecule has 3 aromatic rings. The van der Waals surface area contributed by atoms with Gasteiger partial charge in [0.2, 0.25) is 0 Å². The van der Waals surface area contributed by atoms with E-state index in [2.05, 4.69) is 10.6 Å². The smallest absolute Gasteiger partial charge is 0.411 e. The number of carbonyl (C=O) groups excluding carboxylic acids is 2. The first-order chi connectivity index (χ1) is 16.8. The zero-order valence-electron chi connectivity index (χ0n) is 18.5. The number of ether oxygens (including phenoxy) is 1. The van der Waals surface area contributed by atoms with Gasteiger partial charge in [0.1, 0.15) is 12.4 Å². The van der Waals surface area contributed by atoms with Gasteiger partial charge in [-0.2, -0.15) is 0 Å². The van der Waals surface area contributed by atoms with E-state index in [0.29, 0.717) is 0 Å². The molecule has 0 unspecified atom stereocenters. The molecule has 4 N–H and O–H groups in total. The van der Waals surface area contributed by atoms with E-state index in [1.54, 1.807) is 0 Å². The molecule has 35 heavy (non-hydrogen) atoms. The number of amides is 2. The van der Waals surface area contributed by atoms with Gasteiger partial charge in [0, 0.05) is 30.1 Å². The third-order valence-corrected chi connectivity index (χ3v) is 5.74. The van der Waals surface area contributed by atoms with Crippen molar-refractivity contribution in [2.24, 2.45) is 0 Å². The molecule has 0 spiro atoms. The summed E-state index contributed by atoms with van der Waals surface area (Å²) >= 11 is 0. The zero-order chi connectivity index (χ0) is 24.9. The van der Waals surface area contributed by atoms with Crippen molar-refractivity contribution in [3.8, 4) is 11.1 Å². The Morgan fingerprint density at radius 2 is 1.60 bits per heavy atom. The van der Waals surface area contributed by atoms with Crippen LogP contribution in [0.1, 0.15) is 33.8 Å². The van der Waals surface area contributed by atoms with Crippen LogP contribution in [0.15, 0.2) is 66.7 Å². The molecule has 9 heteroatoms. The molecular formula is C26H23FN2O6. The lowest BCUT2D eigenvalue weighted by Crippen LogP contribution is -2.30. The Kier molecular flexibility index (Phi) is 7.07. The summed E-state index contributed by atoms with van der Waals surface area (Å²) in [6, 6.07) is 19.1. The van der Waals surface area contributed by atoms with Gasteiger partial charge in [-0.05, 0) is 40.5 Å². The molecule has 3 aromatic carbocycles. The number of aliphatic hydroxyl groups excluding tert-OH is 1. The van der Waals surface area contributed by atoms with Crippen molar-refractivity contribution in [3.63, 3.8) is 0 Å². The highest BCUT2D eigenvalue weighted by Gasteiger charge is 2.29. The number of halogens is 1. The number of rotatable bonds is 8. The summed E-state index contributed by atoms with van der Waals surface area (Å²) in [7, 11) is 0. The van der Waals surface area contributed by atoms with Crippen molar-refractivity contribution in [2.75, 3.05) is 18.5 Å². The van der Waals surface area contributed by atoms with Crippen molar-refractivity contribution in [3.05, 3.63) is 89.2 Å². The van der Waals surface area contributed by atoms with Gasteiger partial charge in [-0.1, -0.05) is 48.5 Å². The molecule has 0 aliphatic heterocycles. The second kappa shape index (κ2) is 10.4. The van der Waals surface area contributed by atoms with E-state index in [1.807, 2.05) is 48.5 Å². The number of aliphatic carboxylic acids is 1. The van der Waals surface area contributed by atoms with Crippen LogP contribution < -0.4 is 10.6 Å². The van der Waals surface area contributed by atoms with Crippen LogP contribution >= 0.6 is 0 Å². The van der Waals surface area contributed by atoms with E-state index < -0.39 is 29.9 Å². The standard InChI is InChI=1S/C26H23FN2O6/c27-16-11-15(24(31)28-10-9-23(30)25(32)33)12-17(13-16)29-26(34)35-14-22-20-7-3-1-5-18(20)19-6-2-4-8-21(19)22/h1-8,11-13,22-23,30H,9-10,14H2,(H,28,31)(H,29,34)(H,32,33)/t23-/m0/s1. The molecule has 1 aliphatic rings. The normalized spacial score (nSPS) is 12.9. The van der Waals surface area contributed by atoms with Gasteiger partial charge in [-0.3, -0.25) is 10.1 Å². The van der Waals surface area contributed by atoms with Crippen LogP contribution in [0.4, 0.5) is 14.9 Å². The van der Waals surface area contributed by atoms with Crippen LogP contribution in [0.3, 0.4) is 0 Å². The first-order valence-electron chi connectivity index (χ1n) is 10.9. The Labute approximate surface area is 200 Å². The number of carboxylic acids is 1. The van der Waals surface area contributed by atoms with E-state index in [-0.39, 0.29) is 36.7 Å². The fourth-order valence-electron chi connectivity index (χ4n) is 4.09. The maximum absolute atomic E-state index is 14.1. The molecule has 4 rings (SSSR count). The summed E-state index contributed by atoms with van der Waals surface area (Å²) < 4.78 is 19.5. The van der Waals surface area contributed by atoms with Gasteiger partial charge in [-0.25, -0.2) is 14.0 Å². The summed E-state index contributed by atoms with van der Waals surface area (Å²) in [4.78, 5) is 35.4. The van der Waals surface area contributed by atoms with Crippen molar-refractivity contribution in [2.45, 2.75) is 18.4 Å². The minimum atomic E-state index is -1.62. The number of carbonyl (C=O) groups is 3. The van der Waals surface area contributed by atoms with E-state index in [4.69, 9.17) is 9.84 Å². The predicted molar refractivity (Wildman–Crippen MR) is 126 cm³/mol. The lowest BCUT2D eigenvalue weighted by atomic mass is 9.98. The third-order valence-electron chi connectivity index (χ3n) is 5.74. The van der Waals surface area contributed by atoms with E-state index in [0.717, 1.165) is 34.4 Å². The number of aliphatic hydroxyl groups is 1. The molecule has 8 nitrogen and oxygen atoms in total. The fourth-order valence-corrected chi connectivity index (χ4v) is 4.09. The lowest BCUT2D eigenvalue weighted by molar-refractivity contribution is -0.146. The topological polar surface area (TPSA) is 125 Å². The van der Waals surface area contributed by atoms with Crippen molar-refractivity contribution < 1.29 is 33.7 Å². The number of fused-ring (bicyclic) bond motifs is 3. The summed E-state index contributed by atoms with van der Waals surface area (Å²) in [6.45, 7) is -0.0492. The molecule has 180 valence electrons. The quantitative estimate of drug-likeness (QED) is 0.391. The maximum atomic E-state index is 14.1. The molecule has 0 saturated heterocycles. The van der Waals surface area contributed by atoms with Crippen LogP contribution in [0.25, 0.3) is 11.1 Å². The van der Waals surface area contributed by atoms with Gasteiger partial charge in [-0.15, -0.1) is 0 Å². The Hall–Kier alpha value is -4.24. The van der Waals surface area contributed by atoms with Crippen LogP contribution in [0.2, 0.25) is 0 Å². The molecule has 2 amide bonds. The average molecular weight is 478 g/mol. The van der Waals surface area contributed by atoms with Crippen molar-refractivity contribution >= 4 is 23.7 Å². The third kappa shape index (κ3) is 5.47. The molecule has 1 atom stereocenters. The minimum absolute atomic E-state index is 0.0259. The highest BCUT2D eigenvalue weighted by atomic mass is 19.1. The molecule has 0 saturated carbocycles. The van der Waals surface area contributed by atoms with Gasteiger partial charge in [0.15, 0.2) is 6.10 Å². The summed E-state index contributed by atoms with van der Waals surface area (Å²) in [6.07, 6.45) is -2.62. The van der Waals surface area contributed by atoms with Crippen LogP contribution in [0.5, 0.6) is 0 Å². The van der Waals surface area contributed by atoms with Crippen molar-refractivity contribution in [1.82, 2.24) is 5.32 Å². The van der Waals surface area contributed by atoms with Gasteiger partial charge in [0.05, 0.1) is 0 Å². The molecule has 0 aromatic heterocycles. The van der Waals surface area contributed by atoms with E-state index in [9.17, 15) is 23.9 Å². The summed E-state index contributed by atoms with van der Waals surface area (Å²) in [5.74, 6) is -2.97. The number of nitrogens with one attached hydrogen (secondary N) is 2. The molecule has 0 bridgehead atoms. The lowest BCUT2D eigenvalue weighted by Gasteiger charge is -2.15. The molecule has 0 heterocycles. The number of hydrogen-bond donors (Lipinski definition) is 4. The minimum Gasteiger partial charge on any atom is -0.479 e. The monoisotopic (exact) mass is 478 g/mol. The van der Waals surface area contributed by atoms with Crippen LogP contribution in [0, 0.1) is 5.82 Å². The molecular weight excluding hydrogens is 455 g/mol. The summed E-state index contributed by atoms with van der Waals surface area (Å²) in [5, 5.41) is 22.8. The maximum Gasteiger partial charge on any atom is 0.411 e. The van der Waals surface area contributed by atoms with Gasteiger partial charge < -0.3 is 20.3 Å². The number of carboxylic acid groups (broad SMARTS) is 1.